The number of ketones is 1. The van der Waals surface area contributed by atoms with Crippen molar-refractivity contribution in [2.75, 3.05) is 14.1 Å². The first-order valence-electron chi connectivity index (χ1n) is 3.97. The van der Waals surface area contributed by atoms with Gasteiger partial charge in [-0.25, -0.2) is 0 Å². The molecule has 3 heteroatoms. The molecule has 3 nitrogen and oxygen atoms in total. The van der Waals surface area contributed by atoms with E-state index in [4.69, 9.17) is 5.26 Å². The van der Waals surface area contributed by atoms with Crippen LogP contribution in [0.25, 0.3) is 0 Å². The largest absolute Gasteiger partial charge is 0.382 e. The van der Waals surface area contributed by atoms with Gasteiger partial charge in [0.15, 0.2) is 5.78 Å². The van der Waals surface area contributed by atoms with Crippen molar-refractivity contribution < 1.29 is 4.79 Å². The zero-order valence-corrected chi connectivity index (χ0v) is 7.37. The molecule has 1 aliphatic rings. The Balaban J connectivity index is 2.68. The molecule has 0 spiro atoms. The van der Waals surface area contributed by atoms with Gasteiger partial charge in [0, 0.05) is 26.2 Å². The molecule has 1 fully saturated rings. The molecule has 1 rings (SSSR count). The van der Waals surface area contributed by atoms with E-state index in [-0.39, 0.29) is 17.3 Å². The normalized spacial score (nSPS) is 16.9. The van der Waals surface area contributed by atoms with Crippen LogP contribution in [0.1, 0.15) is 12.8 Å². The summed E-state index contributed by atoms with van der Waals surface area (Å²) in [5.41, 5.74) is 0.280. The Bertz CT molecular complexity index is 256. The molecule has 0 heterocycles. The highest BCUT2D eigenvalue weighted by atomic mass is 16.1. The van der Waals surface area contributed by atoms with Crippen LogP contribution in [-0.2, 0) is 4.79 Å². The van der Waals surface area contributed by atoms with E-state index in [1.165, 1.54) is 0 Å². The first-order chi connectivity index (χ1) is 5.65. The van der Waals surface area contributed by atoms with Crippen molar-refractivity contribution in [3.63, 3.8) is 0 Å². The second-order valence-electron chi connectivity index (χ2n) is 3.26. The third kappa shape index (κ3) is 2.09. The van der Waals surface area contributed by atoms with E-state index in [0.29, 0.717) is 0 Å². The summed E-state index contributed by atoms with van der Waals surface area (Å²) in [6.45, 7) is 0. The number of rotatable bonds is 3. The van der Waals surface area contributed by atoms with Gasteiger partial charge in [-0.2, -0.15) is 5.26 Å². The summed E-state index contributed by atoms with van der Waals surface area (Å²) in [5, 5.41) is 8.66. The number of hydrogen-bond donors (Lipinski definition) is 0. The van der Waals surface area contributed by atoms with Crippen molar-refractivity contribution in [2.24, 2.45) is 5.92 Å². The molecule has 64 valence electrons. The third-order valence-corrected chi connectivity index (χ3v) is 1.72. The first-order valence-corrected chi connectivity index (χ1v) is 3.97. The molecule has 0 aromatic rings. The Labute approximate surface area is 72.3 Å². The number of allylic oxidation sites excluding steroid dienone is 1. The lowest BCUT2D eigenvalue weighted by Crippen LogP contribution is -2.09. The van der Waals surface area contributed by atoms with Gasteiger partial charge in [-0.05, 0) is 12.8 Å². The Morgan fingerprint density at radius 3 is 2.50 bits per heavy atom. The summed E-state index contributed by atoms with van der Waals surface area (Å²) < 4.78 is 0. The van der Waals surface area contributed by atoms with E-state index in [0.717, 1.165) is 12.8 Å². The monoisotopic (exact) mass is 164 g/mol. The summed E-state index contributed by atoms with van der Waals surface area (Å²) >= 11 is 0. The van der Waals surface area contributed by atoms with E-state index >= 15 is 0 Å². The Hall–Kier alpha value is -1.30. The first kappa shape index (κ1) is 8.79. The molecule has 0 radical (unpaired) electrons. The minimum atomic E-state index is 0.00574. The summed E-state index contributed by atoms with van der Waals surface area (Å²) in [6, 6.07) is 1.92. The van der Waals surface area contributed by atoms with Crippen LogP contribution in [0.5, 0.6) is 0 Å². The van der Waals surface area contributed by atoms with Crippen molar-refractivity contribution in [1.29, 1.82) is 5.26 Å². The molecular weight excluding hydrogens is 152 g/mol. The highest BCUT2D eigenvalue weighted by Gasteiger charge is 2.31. The average Bonchev–Trinajstić information content (AvgIpc) is 2.80. The average molecular weight is 164 g/mol. The molecular formula is C9H12N2O. The maximum Gasteiger partial charge on any atom is 0.177 e. The molecule has 0 unspecified atom stereocenters. The van der Waals surface area contributed by atoms with Crippen LogP contribution >= 0.6 is 0 Å². The number of nitrogens with zero attached hydrogens (tertiary/aromatic N) is 2. The van der Waals surface area contributed by atoms with Crippen LogP contribution in [-0.4, -0.2) is 24.8 Å². The molecule has 0 amide bonds. The van der Waals surface area contributed by atoms with Crippen molar-refractivity contribution in [3.8, 4) is 6.07 Å². The number of hydrogen-bond acceptors (Lipinski definition) is 3. The minimum absolute atomic E-state index is 0.00574. The van der Waals surface area contributed by atoms with Gasteiger partial charge >= 0.3 is 0 Å². The number of carbonyl (C=O) groups excluding carboxylic acids is 1. The topological polar surface area (TPSA) is 44.1 Å². The van der Waals surface area contributed by atoms with Crippen molar-refractivity contribution >= 4 is 5.78 Å². The maximum absolute atomic E-state index is 11.4. The van der Waals surface area contributed by atoms with Crippen LogP contribution in [0.4, 0.5) is 0 Å². The molecule has 1 aliphatic carbocycles. The minimum Gasteiger partial charge on any atom is -0.382 e. The summed E-state index contributed by atoms with van der Waals surface area (Å²) in [7, 11) is 3.61. The van der Waals surface area contributed by atoms with Crippen LogP contribution in [0, 0.1) is 17.2 Å². The Morgan fingerprint density at radius 2 is 2.17 bits per heavy atom. The Kier molecular flexibility index (Phi) is 2.49. The van der Waals surface area contributed by atoms with Gasteiger partial charge < -0.3 is 4.90 Å². The van der Waals surface area contributed by atoms with E-state index in [2.05, 4.69) is 0 Å². The number of Topliss-reactive ketones (excluding diaryl/α,β-unsaturated/α-hetero) is 1. The molecule has 0 saturated heterocycles. The van der Waals surface area contributed by atoms with Gasteiger partial charge in [-0.3, -0.25) is 4.79 Å². The van der Waals surface area contributed by atoms with Crippen LogP contribution < -0.4 is 0 Å². The molecule has 0 bridgehead atoms. The van der Waals surface area contributed by atoms with Gasteiger partial charge in [-0.15, -0.1) is 0 Å². The smallest absolute Gasteiger partial charge is 0.177 e. The van der Waals surface area contributed by atoms with E-state index in [1.807, 2.05) is 6.07 Å². The molecule has 0 atom stereocenters. The van der Waals surface area contributed by atoms with Gasteiger partial charge in [0.1, 0.15) is 11.6 Å². The molecule has 1 saturated carbocycles. The van der Waals surface area contributed by atoms with Crippen LogP contribution in [0.15, 0.2) is 11.8 Å². The summed E-state index contributed by atoms with van der Waals surface area (Å²) in [6.07, 6.45) is 3.48. The van der Waals surface area contributed by atoms with Crippen molar-refractivity contribution in [1.82, 2.24) is 4.90 Å². The molecule has 0 N–H and O–H groups in total. The highest BCUT2D eigenvalue weighted by molar-refractivity contribution is 6.01. The van der Waals surface area contributed by atoms with Gasteiger partial charge in [0.05, 0.1) is 0 Å². The second kappa shape index (κ2) is 3.40. The van der Waals surface area contributed by atoms with E-state index in [9.17, 15) is 4.79 Å². The lowest BCUT2D eigenvalue weighted by molar-refractivity contribution is -0.116. The van der Waals surface area contributed by atoms with Crippen molar-refractivity contribution in [2.45, 2.75) is 12.8 Å². The number of carbonyl (C=O) groups is 1. The SMILES string of the molecule is CN(C)C=C(C#N)C(=O)C1CC1. The lowest BCUT2D eigenvalue weighted by atomic mass is 10.1. The van der Waals surface area contributed by atoms with Gasteiger partial charge in [0.25, 0.3) is 0 Å². The zero-order valence-electron chi connectivity index (χ0n) is 7.37. The zero-order chi connectivity index (χ0) is 9.14. The molecule has 0 aromatic carbocycles. The predicted octanol–water partition coefficient (Wildman–Crippen LogP) is 0.935. The Morgan fingerprint density at radius 1 is 1.58 bits per heavy atom. The van der Waals surface area contributed by atoms with Crippen LogP contribution in [0.2, 0.25) is 0 Å². The quantitative estimate of drug-likeness (QED) is 0.460. The standard InChI is InChI=1S/C9H12N2O/c1-11(2)6-8(5-10)9(12)7-3-4-7/h6-7H,3-4H2,1-2H3. The maximum atomic E-state index is 11.4. The fraction of sp³-hybridized carbons (Fsp3) is 0.556. The molecule has 0 aliphatic heterocycles. The van der Waals surface area contributed by atoms with E-state index in [1.54, 1.807) is 25.2 Å². The fourth-order valence-electron chi connectivity index (χ4n) is 0.971. The second-order valence-corrected chi connectivity index (χ2v) is 3.26. The summed E-state index contributed by atoms with van der Waals surface area (Å²) in [5.74, 6) is 0.141. The lowest BCUT2D eigenvalue weighted by Gasteiger charge is -2.04. The van der Waals surface area contributed by atoms with Gasteiger partial charge in [-0.1, -0.05) is 0 Å². The van der Waals surface area contributed by atoms with Gasteiger partial charge in [0.2, 0.25) is 0 Å². The third-order valence-electron chi connectivity index (χ3n) is 1.72. The van der Waals surface area contributed by atoms with E-state index < -0.39 is 0 Å². The molecule has 0 aromatic heterocycles. The highest BCUT2D eigenvalue weighted by Crippen LogP contribution is 2.32. The van der Waals surface area contributed by atoms with Crippen LogP contribution in [0.3, 0.4) is 0 Å². The number of nitriles is 1. The summed E-state index contributed by atoms with van der Waals surface area (Å²) in [4.78, 5) is 13.1. The van der Waals surface area contributed by atoms with Crippen molar-refractivity contribution in [3.05, 3.63) is 11.8 Å². The molecule has 12 heavy (non-hydrogen) atoms. The fourth-order valence-corrected chi connectivity index (χ4v) is 0.971. The predicted molar refractivity (Wildman–Crippen MR) is 45.1 cm³/mol.